The van der Waals surface area contributed by atoms with Crippen molar-refractivity contribution in [1.29, 1.82) is 0 Å². The van der Waals surface area contributed by atoms with Gasteiger partial charge in [-0.1, -0.05) is 13.8 Å². The molecular weight excluding hydrogens is 328 g/mol. The predicted octanol–water partition coefficient (Wildman–Crippen LogP) is 3.36. The van der Waals surface area contributed by atoms with Gasteiger partial charge >= 0.3 is 0 Å². The van der Waals surface area contributed by atoms with E-state index < -0.39 is 0 Å². The van der Waals surface area contributed by atoms with E-state index in [1.807, 2.05) is 32.9 Å². The third kappa shape index (κ3) is 3.76. The molecule has 0 aliphatic heterocycles. The van der Waals surface area contributed by atoms with Crippen LogP contribution in [0.15, 0.2) is 17.2 Å². The summed E-state index contributed by atoms with van der Waals surface area (Å²) in [5.74, 6) is 2.69. The lowest BCUT2D eigenvalue weighted by molar-refractivity contribution is 0.288. The van der Waals surface area contributed by atoms with E-state index in [0.29, 0.717) is 28.6 Å². The fourth-order valence-electron chi connectivity index (χ4n) is 2.17. The van der Waals surface area contributed by atoms with Crippen molar-refractivity contribution in [2.45, 2.75) is 26.7 Å². The second-order valence-electron chi connectivity index (χ2n) is 5.29. The quantitative estimate of drug-likeness (QED) is 0.612. The molecule has 0 atom stereocenters. The van der Waals surface area contributed by atoms with Gasteiger partial charge in [-0.2, -0.15) is 14.9 Å². The minimum absolute atomic E-state index is 0.194. The van der Waals surface area contributed by atoms with Gasteiger partial charge < -0.3 is 14.2 Å². The van der Waals surface area contributed by atoms with Crippen LogP contribution in [-0.2, 0) is 0 Å². The molecule has 0 aliphatic rings. The van der Waals surface area contributed by atoms with E-state index in [2.05, 4.69) is 15.3 Å². The van der Waals surface area contributed by atoms with Gasteiger partial charge in [0.05, 0.1) is 27.0 Å². The molecule has 8 heteroatoms. The lowest BCUT2D eigenvalue weighted by Crippen LogP contribution is -2.02. The second kappa shape index (κ2) is 7.96. The molecule has 1 aromatic heterocycles. The Bertz CT molecular complexity index is 755. The average molecular weight is 350 g/mol. The number of nitrogens with zero attached hydrogens (tertiary/aromatic N) is 3. The largest absolute Gasteiger partial charge is 0.493 e. The van der Waals surface area contributed by atoms with Gasteiger partial charge in [0.15, 0.2) is 17.3 Å². The van der Waals surface area contributed by atoms with Crippen molar-refractivity contribution in [3.8, 4) is 17.2 Å². The van der Waals surface area contributed by atoms with Crippen LogP contribution in [0.3, 0.4) is 0 Å². The van der Waals surface area contributed by atoms with Crippen molar-refractivity contribution < 1.29 is 14.2 Å². The zero-order chi connectivity index (χ0) is 17.7. The Morgan fingerprint density at radius 2 is 1.92 bits per heavy atom. The van der Waals surface area contributed by atoms with Crippen LogP contribution in [0.1, 0.15) is 38.1 Å². The second-order valence-corrected chi connectivity index (χ2v) is 5.67. The third-order valence-corrected chi connectivity index (χ3v) is 3.55. The zero-order valence-electron chi connectivity index (χ0n) is 14.5. The Balaban J connectivity index is 2.43. The van der Waals surface area contributed by atoms with E-state index in [4.69, 9.17) is 26.4 Å². The maximum atomic E-state index is 5.59. The molecule has 0 saturated carbocycles. The Kier molecular flexibility index (Phi) is 5.97. The number of H-pyrrole nitrogens is 1. The van der Waals surface area contributed by atoms with E-state index in [-0.39, 0.29) is 5.92 Å². The van der Waals surface area contributed by atoms with Crippen molar-refractivity contribution in [1.82, 2.24) is 14.9 Å². The van der Waals surface area contributed by atoms with E-state index in [1.165, 1.54) is 0 Å². The lowest BCUT2D eigenvalue weighted by Gasteiger charge is -2.14. The third-order valence-electron chi connectivity index (χ3n) is 3.29. The van der Waals surface area contributed by atoms with Crippen LogP contribution in [0.4, 0.5) is 0 Å². The van der Waals surface area contributed by atoms with Crippen molar-refractivity contribution in [3.05, 3.63) is 28.3 Å². The van der Waals surface area contributed by atoms with Crippen molar-refractivity contribution in [2.24, 2.45) is 5.10 Å². The van der Waals surface area contributed by atoms with Gasteiger partial charge in [0.1, 0.15) is 0 Å². The van der Waals surface area contributed by atoms with E-state index in [1.54, 1.807) is 25.1 Å². The summed E-state index contributed by atoms with van der Waals surface area (Å²) in [4.78, 5) is 0. The smallest absolute Gasteiger partial charge is 0.216 e. The summed E-state index contributed by atoms with van der Waals surface area (Å²) < 4.78 is 18.4. The van der Waals surface area contributed by atoms with Gasteiger partial charge in [-0.15, -0.1) is 0 Å². The number of methoxy groups -OCH3 is 2. The van der Waals surface area contributed by atoms with Crippen LogP contribution in [0.5, 0.6) is 17.2 Å². The summed E-state index contributed by atoms with van der Waals surface area (Å²) in [5, 5.41) is 11.4. The molecule has 2 aromatic rings. The fourth-order valence-corrected chi connectivity index (χ4v) is 2.36. The van der Waals surface area contributed by atoms with Crippen LogP contribution >= 0.6 is 12.2 Å². The molecule has 1 aromatic carbocycles. The van der Waals surface area contributed by atoms with Crippen LogP contribution in [0.25, 0.3) is 0 Å². The summed E-state index contributed by atoms with van der Waals surface area (Å²) in [6.45, 7) is 6.48. The van der Waals surface area contributed by atoms with Gasteiger partial charge in [-0.25, -0.2) is 0 Å². The van der Waals surface area contributed by atoms with Crippen LogP contribution in [-0.4, -0.2) is 41.9 Å². The lowest BCUT2D eigenvalue weighted by atomic mass is 10.2. The van der Waals surface area contributed by atoms with Crippen molar-refractivity contribution in [2.75, 3.05) is 20.8 Å². The van der Waals surface area contributed by atoms with Crippen LogP contribution in [0, 0.1) is 4.77 Å². The highest BCUT2D eigenvalue weighted by Crippen LogP contribution is 2.38. The number of hydrogen-bond acceptors (Lipinski definition) is 6. The van der Waals surface area contributed by atoms with Gasteiger partial charge in [0, 0.05) is 11.5 Å². The minimum atomic E-state index is 0.194. The van der Waals surface area contributed by atoms with Gasteiger partial charge in [0.25, 0.3) is 0 Å². The molecular formula is C16H22N4O3S. The van der Waals surface area contributed by atoms with Crippen LogP contribution < -0.4 is 14.2 Å². The van der Waals surface area contributed by atoms with Gasteiger partial charge in [-0.3, -0.25) is 5.10 Å². The number of ether oxygens (including phenoxy) is 3. The SMILES string of the molecule is CCOc1c(OC)cc(/C=N\n2c(C(C)C)n[nH]c2=S)cc1OC. The number of nitrogens with one attached hydrogen (secondary N) is 1. The molecule has 0 amide bonds. The molecule has 0 unspecified atom stereocenters. The average Bonchev–Trinajstić information content (AvgIpc) is 2.94. The van der Waals surface area contributed by atoms with E-state index in [0.717, 1.165) is 11.4 Å². The number of aromatic nitrogens is 3. The fraction of sp³-hybridized carbons (Fsp3) is 0.438. The molecule has 24 heavy (non-hydrogen) atoms. The van der Waals surface area contributed by atoms with Crippen molar-refractivity contribution in [3.63, 3.8) is 0 Å². The van der Waals surface area contributed by atoms with Gasteiger partial charge in [0.2, 0.25) is 10.5 Å². The Hall–Kier alpha value is -2.35. The molecule has 0 saturated heterocycles. The minimum Gasteiger partial charge on any atom is -0.493 e. The Labute approximate surface area is 146 Å². The highest BCUT2D eigenvalue weighted by Gasteiger charge is 2.14. The first-order chi connectivity index (χ1) is 11.5. The highest BCUT2D eigenvalue weighted by molar-refractivity contribution is 7.71. The molecule has 1 N–H and O–H groups in total. The normalized spacial score (nSPS) is 11.2. The maximum Gasteiger partial charge on any atom is 0.216 e. The summed E-state index contributed by atoms with van der Waals surface area (Å²) in [6, 6.07) is 3.66. The summed E-state index contributed by atoms with van der Waals surface area (Å²) in [7, 11) is 3.17. The number of aromatic amines is 1. The first-order valence-electron chi connectivity index (χ1n) is 7.62. The van der Waals surface area contributed by atoms with Gasteiger partial charge in [-0.05, 0) is 31.3 Å². The number of benzene rings is 1. The van der Waals surface area contributed by atoms with E-state index >= 15 is 0 Å². The molecule has 0 bridgehead atoms. The number of rotatable bonds is 7. The Morgan fingerprint density at radius 1 is 1.29 bits per heavy atom. The molecule has 0 radical (unpaired) electrons. The van der Waals surface area contributed by atoms with E-state index in [9.17, 15) is 0 Å². The highest BCUT2D eigenvalue weighted by atomic mass is 32.1. The molecule has 130 valence electrons. The molecule has 0 aliphatic carbocycles. The maximum absolute atomic E-state index is 5.59. The predicted molar refractivity (Wildman–Crippen MR) is 95.2 cm³/mol. The summed E-state index contributed by atoms with van der Waals surface area (Å²) >= 11 is 5.22. The topological polar surface area (TPSA) is 73.7 Å². The van der Waals surface area contributed by atoms with Crippen LogP contribution in [0.2, 0.25) is 0 Å². The summed E-state index contributed by atoms with van der Waals surface area (Å²) in [5.41, 5.74) is 0.796. The first kappa shape index (κ1) is 18.0. The standard InChI is InChI=1S/C16H22N4O3S/c1-6-23-14-12(21-4)7-11(8-13(14)22-5)9-17-20-15(10(2)3)18-19-16(20)24/h7-10H,6H2,1-5H3,(H,19,24)/b17-9-. The molecule has 0 spiro atoms. The summed E-state index contributed by atoms with van der Waals surface area (Å²) in [6.07, 6.45) is 1.68. The molecule has 0 fully saturated rings. The molecule has 2 rings (SSSR count). The Morgan fingerprint density at radius 3 is 2.42 bits per heavy atom. The number of hydrogen-bond donors (Lipinski definition) is 1. The molecule has 1 heterocycles. The van der Waals surface area contributed by atoms with Crippen molar-refractivity contribution >= 4 is 18.4 Å². The zero-order valence-corrected chi connectivity index (χ0v) is 15.3. The molecule has 7 nitrogen and oxygen atoms in total. The monoisotopic (exact) mass is 350 g/mol. The first-order valence-corrected chi connectivity index (χ1v) is 8.03.